The van der Waals surface area contributed by atoms with Gasteiger partial charge >= 0.3 is 0 Å². The SMILES string of the molecule is CC1CC2CNCC2N1C(=O)c1cc(F)c(F)c(F)c1. The summed E-state index contributed by atoms with van der Waals surface area (Å²) >= 11 is 0. The molecule has 2 saturated heterocycles. The summed E-state index contributed by atoms with van der Waals surface area (Å²) in [5, 5.41) is 3.21. The molecule has 0 bridgehead atoms. The summed E-state index contributed by atoms with van der Waals surface area (Å²) in [6, 6.07) is 1.61. The molecule has 1 aromatic rings. The van der Waals surface area contributed by atoms with Gasteiger partial charge in [0.2, 0.25) is 0 Å². The third-order valence-electron chi connectivity index (χ3n) is 4.25. The molecule has 20 heavy (non-hydrogen) atoms. The molecule has 1 N–H and O–H groups in total. The number of nitrogens with zero attached hydrogens (tertiary/aromatic N) is 1. The van der Waals surface area contributed by atoms with E-state index in [-0.39, 0.29) is 17.6 Å². The minimum Gasteiger partial charge on any atom is -0.331 e. The van der Waals surface area contributed by atoms with Crippen molar-refractivity contribution in [2.75, 3.05) is 13.1 Å². The Kier molecular flexibility index (Phi) is 3.20. The summed E-state index contributed by atoms with van der Waals surface area (Å²) in [6.07, 6.45) is 0.871. The minimum atomic E-state index is -1.54. The number of nitrogens with one attached hydrogen (secondary N) is 1. The minimum absolute atomic E-state index is 0.0239. The van der Waals surface area contributed by atoms with Crippen LogP contribution in [-0.4, -0.2) is 36.0 Å². The standard InChI is InChI=1S/C14H15F3N2O/c1-7-2-9-5-18-6-12(9)19(7)14(20)8-3-10(15)13(17)11(16)4-8/h3-4,7,9,12,18H,2,5-6H2,1H3. The first kappa shape index (κ1) is 13.4. The van der Waals surface area contributed by atoms with Crippen LogP contribution in [-0.2, 0) is 0 Å². The van der Waals surface area contributed by atoms with Gasteiger partial charge in [-0.1, -0.05) is 0 Å². The Morgan fingerprint density at radius 1 is 1.25 bits per heavy atom. The first-order valence-electron chi connectivity index (χ1n) is 6.67. The molecule has 3 nitrogen and oxygen atoms in total. The van der Waals surface area contributed by atoms with Gasteiger partial charge in [-0.25, -0.2) is 13.2 Å². The predicted octanol–water partition coefficient (Wildman–Crippen LogP) is 1.93. The van der Waals surface area contributed by atoms with E-state index in [1.807, 2.05) is 6.92 Å². The highest BCUT2D eigenvalue weighted by atomic mass is 19.2. The number of fused-ring (bicyclic) bond motifs is 1. The molecule has 0 aliphatic carbocycles. The van der Waals surface area contributed by atoms with Crippen LogP contribution in [0.1, 0.15) is 23.7 Å². The lowest BCUT2D eigenvalue weighted by atomic mass is 10.0. The summed E-state index contributed by atoms with van der Waals surface area (Å²) in [5.41, 5.74) is -0.138. The third-order valence-corrected chi connectivity index (χ3v) is 4.25. The van der Waals surface area contributed by atoms with Crippen LogP contribution in [0, 0.1) is 23.4 Å². The Morgan fingerprint density at radius 2 is 1.90 bits per heavy atom. The molecule has 0 radical (unpaired) electrons. The van der Waals surface area contributed by atoms with Crippen molar-refractivity contribution in [2.24, 2.45) is 5.92 Å². The summed E-state index contributed by atoms with van der Waals surface area (Å²) in [4.78, 5) is 14.1. The van der Waals surface area contributed by atoms with Crippen molar-refractivity contribution in [3.63, 3.8) is 0 Å². The average Bonchev–Trinajstić information content (AvgIpc) is 2.94. The highest BCUT2D eigenvalue weighted by Crippen LogP contribution is 2.33. The van der Waals surface area contributed by atoms with Crippen molar-refractivity contribution in [3.8, 4) is 0 Å². The van der Waals surface area contributed by atoms with Crippen molar-refractivity contribution in [3.05, 3.63) is 35.1 Å². The summed E-state index contributed by atoms with van der Waals surface area (Å²) in [5.74, 6) is -4.27. The molecule has 108 valence electrons. The molecule has 2 aliphatic rings. The number of hydrogen-bond acceptors (Lipinski definition) is 2. The van der Waals surface area contributed by atoms with Gasteiger partial charge in [0, 0.05) is 30.7 Å². The summed E-state index contributed by atoms with van der Waals surface area (Å²) in [7, 11) is 0. The van der Waals surface area contributed by atoms with E-state index < -0.39 is 23.4 Å². The van der Waals surface area contributed by atoms with Gasteiger partial charge < -0.3 is 10.2 Å². The zero-order valence-corrected chi connectivity index (χ0v) is 11.0. The fraction of sp³-hybridized carbons (Fsp3) is 0.500. The molecule has 2 heterocycles. The van der Waals surface area contributed by atoms with E-state index in [0.717, 1.165) is 25.1 Å². The van der Waals surface area contributed by atoms with Crippen molar-refractivity contribution in [1.29, 1.82) is 0 Å². The van der Waals surface area contributed by atoms with Crippen LogP contribution in [0.4, 0.5) is 13.2 Å². The monoisotopic (exact) mass is 284 g/mol. The van der Waals surface area contributed by atoms with Crippen LogP contribution < -0.4 is 5.32 Å². The van der Waals surface area contributed by atoms with E-state index in [4.69, 9.17) is 0 Å². The maximum absolute atomic E-state index is 13.3. The zero-order valence-electron chi connectivity index (χ0n) is 11.0. The highest BCUT2D eigenvalue weighted by molar-refractivity contribution is 5.95. The number of likely N-dealkylation sites (tertiary alicyclic amines) is 1. The largest absolute Gasteiger partial charge is 0.331 e. The van der Waals surface area contributed by atoms with Crippen molar-refractivity contribution < 1.29 is 18.0 Å². The molecule has 0 spiro atoms. The Labute approximate surface area is 114 Å². The van der Waals surface area contributed by atoms with E-state index in [2.05, 4.69) is 5.32 Å². The molecule has 3 rings (SSSR count). The predicted molar refractivity (Wildman–Crippen MR) is 66.7 cm³/mol. The van der Waals surface area contributed by atoms with E-state index in [0.29, 0.717) is 12.5 Å². The maximum Gasteiger partial charge on any atom is 0.254 e. The highest BCUT2D eigenvalue weighted by Gasteiger charge is 2.44. The molecule has 2 fully saturated rings. The van der Waals surface area contributed by atoms with Gasteiger partial charge in [-0.2, -0.15) is 0 Å². The van der Waals surface area contributed by atoms with Gasteiger partial charge in [0.15, 0.2) is 17.5 Å². The van der Waals surface area contributed by atoms with Crippen LogP contribution in [0.5, 0.6) is 0 Å². The van der Waals surface area contributed by atoms with E-state index in [1.54, 1.807) is 4.90 Å². The van der Waals surface area contributed by atoms with Crippen LogP contribution in [0.3, 0.4) is 0 Å². The number of amides is 1. The number of hydrogen-bond donors (Lipinski definition) is 1. The zero-order chi connectivity index (χ0) is 14.4. The van der Waals surface area contributed by atoms with Gasteiger partial charge in [-0.05, 0) is 31.4 Å². The van der Waals surface area contributed by atoms with Gasteiger partial charge in [0.05, 0.1) is 0 Å². The number of rotatable bonds is 1. The van der Waals surface area contributed by atoms with Crippen LogP contribution in [0.25, 0.3) is 0 Å². The van der Waals surface area contributed by atoms with Crippen molar-refractivity contribution in [1.82, 2.24) is 10.2 Å². The lowest BCUT2D eigenvalue weighted by Gasteiger charge is -2.27. The molecule has 0 saturated carbocycles. The maximum atomic E-state index is 13.3. The second-order valence-electron chi connectivity index (χ2n) is 5.54. The Hall–Kier alpha value is -1.56. The normalized spacial score (nSPS) is 28.8. The third kappa shape index (κ3) is 1.98. The van der Waals surface area contributed by atoms with E-state index >= 15 is 0 Å². The fourth-order valence-electron chi connectivity index (χ4n) is 3.34. The molecule has 3 unspecified atom stereocenters. The number of halogens is 3. The second kappa shape index (κ2) is 4.77. The van der Waals surface area contributed by atoms with Crippen LogP contribution in [0.2, 0.25) is 0 Å². The van der Waals surface area contributed by atoms with Gasteiger partial charge in [-0.15, -0.1) is 0 Å². The molecule has 1 amide bonds. The van der Waals surface area contributed by atoms with E-state index in [9.17, 15) is 18.0 Å². The van der Waals surface area contributed by atoms with Gasteiger partial charge in [0.1, 0.15) is 0 Å². The lowest BCUT2D eigenvalue weighted by Crippen LogP contribution is -2.42. The smallest absolute Gasteiger partial charge is 0.254 e. The fourth-order valence-corrected chi connectivity index (χ4v) is 3.34. The number of carbonyl (C=O) groups excluding carboxylic acids is 1. The molecular formula is C14H15F3N2O. The van der Waals surface area contributed by atoms with Gasteiger partial charge in [-0.3, -0.25) is 4.79 Å². The molecule has 0 aromatic heterocycles. The van der Waals surface area contributed by atoms with Crippen molar-refractivity contribution >= 4 is 5.91 Å². The molecule has 2 aliphatic heterocycles. The topological polar surface area (TPSA) is 32.3 Å². The second-order valence-corrected chi connectivity index (χ2v) is 5.54. The Bertz CT molecular complexity index is 540. The summed E-state index contributed by atoms with van der Waals surface area (Å²) < 4.78 is 39.5. The first-order chi connectivity index (χ1) is 9.49. The van der Waals surface area contributed by atoms with Crippen molar-refractivity contribution in [2.45, 2.75) is 25.4 Å². The quantitative estimate of drug-likeness (QED) is 0.799. The first-order valence-corrected chi connectivity index (χ1v) is 6.67. The Balaban J connectivity index is 1.92. The van der Waals surface area contributed by atoms with Crippen LogP contribution in [0.15, 0.2) is 12.1 Å². The molecular weight excluding hydrogens is 269 g/mol. The molecule has 1 aromatic carbocycles. The summed E-state index contributed by atoms with van der Waals surface area (Å²) in [6.45, 7) is 3.46. The van der Waals surface area contributed by atoms with Gasteiger partial charge in [0.25, 0.3) is 5.91 Å². The Morgan fingerprint density at radius 3 is 2.55 bits per heavy atom. The average molecular weight is 284 g/mol. The van der Waals surface area contributed by atoms with Crippen LogP contribution >= 0.6 is 0 Å². The number of carbonyl (C=O) groups is 1. The lowest BCUT2D eigenvalue weighted by molar-refractivity contribution is 0.0681. The van der Waals surface area contributed by atoms with E-state index in [1.165, 1.54) is 0 Å². The number of benzene rings is 1. The molecule has 3 atom stereocenters. The molecule has 6 heteroatoms.